The van der Waals surface area contributed by atoms with Gasteiger partial charge in [0.2, 0.25) is 5.91 Å². The number of methoxy groups -OCH3 is 2. The summed E-state index contributed by atoms with van der Waals surface area (Å²) in [7, 11) is 3.22. The van der Waals surface area contributed by atoms with Gasteiger partial charge in [-0.1, -0.05) is 17.7 Å². The van der Waals surface area contributed by atoms with Crippen LogP contribution in [0.4, 0.5) is 0 Å². The standard InChI is InChI=1S/C20H24ClNO3S/c1-4-22(14-15-5-10-18(24-2)19(13-15)25-3)20(23)11-12-26-17-8-6-16(21)7-9-17/h5-10,13H,4,11-12,14H2,1-3H3. The average Bonchev–Trinajstić information content (AvgIpc) is 2.67. The quantitative estimate of drug-likeness (QED) is 0.568. The Morgan fingerprint density at radius 2 is 1.77 bits per heavy atom. The maximum Gasteiger partial charge on any atom is 0.223 e. The molecule has 140 valence electrons. The summed E-state index contributed by atoms with van der Waals surface area (Å²) in [6, 6.07) is 13.4. The van der Waals surface area contributed by atoms with E-state index in [9.17, 15) is 4.79 Å². The van der Waals surface area contributed by atoms with Crippen LogP contribution in [0.3, 0.4) is 0 Å². The van der Waals surface area contributed by atoms with Crippen LogP contribution in [0.25, 0.3) is 0 Å². The van der Waals surface area contributed by atoms with Crippen molar-refractivity contribution in [3.05, 3.63) is 53.1 Å². The van der Waals surface area contributed by atoms with Gasteiger partial charge >= 0.3 is 0 Å². The predicted octanol–water partition coefficient (Wildman–Crippen LogP) is 4.89. The number of thioether (sulfide) groups is 1. The fraction of sp³-hybridized carbons (Fsp3) is 0.350. The van der Waals surface area contributed by atoms with Gasteiger partial charge < -0.3 is 14.4 Å². The Bertz CT molecular complexity index is 721. The zero-order valence-electron chi connectivity index (χ0n) is 15.3. The molecule has 0 N–H and O–H groups in total. The largest absolute Gasteiger partial charge is 0.493 e. The minimum absolute atomic E-state index is 0.142. The third kappa shape index (κ3) is 5.85. The smallest absolute Gasteiger partial charge is 0.223 e. The van der Waals surface area contributed by atoms with Gasteiger partial charge in [-0.05, 0) is 48.9 Å². The van der Waals surface area contributed by atoms with Crippen molar-refractivity contribution in [1.82, 2.24) is 4.90 Å². The van der Waals surface area contributed by atoms with Gasteiger partial charge in [0.05, 0.1) is 14.2 Å². The zero-order valence-corrected chi connectivity index (χ0v) is 16.9. The second kappa shape index (κ2) is 10.3. The molecule has 0 radical (unpaired) electrons. The molecular weight excluding hydrogens is 370 g/mol. The van der Waals surface area contributed by atoms with Gasteiger partial charge in [0, 0.05) is 35.2 Å². The van der Waals surface area contributed by atoms with Crippen molar-refractivity contribution in [2.45, 2.75) is 24.8 Å². The molecule has 0 fully saturated rings. The molecule has 0 heterocycles. The number of rotatable bonds is 9. The van der Waals surface area contributed by atoms with Crippen molar-refractivity contribution < 1.29 is 14.3 Å². The number of nitrogens with zero attached hydrogens (tertiary/aromatic N) is 1. The molecule has 2 rings (SSSR count). The summed E-state index contributed by atoms with van der Waals surface area (Å²) in [4.78, 5) is 15.5. The fourth-order valence-electron chi connectivity index (χ4n) is 2.52. The summed E-state index contributed by atoms with van der Waals surface area (Å²) >= 11 is 7.55. The fourth-order valence-corrected chi connectivity index (χ4v) is 3.49. The lowest BCUT2D eigenvalue weighted by Gasteiger charge is -2.21. The Morgan fingerprint density at radius 1 is 1.08 bits per heavy atom. The maximum atomic E-state index is 12.5. The Kier molecular flexibility index (Phi) is 8.13. The summed E-state index contributed by atoms with van der Waals surface area (Å²) in [6.07, 6.45) is 0.494. The summed E-state index contributed by atoms with van der Waals surface area (Å²) in [5.74, 6) is 2.24. The Morgan fingerprint density at radius 3 is 2.38 bits per heavy atom. The number of amides is 1. The van der Waals surface area contributed by atoms with E-state index in [0.29, 0.717) is 31.0 Å². The van der Waals surface area contributed by atoms with Gasteiger partial charge in [-0.2, -0.15) is 0 Å². The van der Waals surface area contributed by atoms with E-state index in [0.717, 1.165) is 21.2 Å². The third-order valence-electron chi connectivity index (χ3n) is 3.95. The second-order valence-corrected chi connectivity index (χ2v) is 7.25. The van der Waals surface area contributed by atoms with E-state index in [1.807, 2.05) is 54.3 Å². The Balaban J connectivity index is 1.90. The number of halogens is 1. The van der Waals surface area contributed by atoms with Crippen molar-refractivity contribution in [3.8, 4) is 11.5 Å². The summed E-state index contributed by atoms with van der Waals surface area (Å²) in [5.41, 5.74) is 1.02. The zero-order chi connectivity index (χ0) is 18.9. The van der Waals surface area contributed by atoms with Crippen molar-refractivity contribution in [3.63, 3.8) is 0 Å². The van der Waals surface area contributed by atoms with E-state index in [1.165, 1.54) is 0 Å². The molecule has 0 unspecified atom stereocenters. The number of ether oxygens (including phenoxy) is 2. The van der Waals surface area contributed by atoms with Crippen LogP contribution in [-0.4, -0.2) is 37.3 Å². The normalized spacial score (nSPS) is 10.5. The van der Waals surface area contributed by atoms with Gasteiger partial charge in [0.1, 0.15) is 0 Å². The lowest BCUT2D eigenvalue weighted by molar-refractivity contribution is -0.131. The molecule has 0 spiro atoms. The minimum Gasteiger partial charge on any atom is -0.493 e. The van der Waals surface area contributed by atoms with E-state index >= 15 is 0 Å². The van der Waals surface area contributed by atoms with Gasteiger partial charge in [0.25, 0.3) is 0 Å². The Labute approximate surface area is 164 Å². The highest BCUT2D eigenvalue weighted by Crippen LogP contribution is 2.28. The van der Waals surface area contributed by atoms with E-state index in [1.54, 1.807) is 26.0 Å². The van der Waals surface area contributed by atoms with Crippen LogP contribution in [0, 0.1) is 0 Å². The third-order valence-corrected chi connectivity index (χ3v) is 5.22. The lowest BCUT2D eigenvalue weighted by Crippen LogP contribution is -2.30. The molecule has 0 bridgehead atoms. The predicted molar refractivity (Wildman–Crippen MR) is 107 cm³/mol. The maximum absolute atomic E-state index is 12.5. The van der Waals surface area contributed by atoms with Gasteiger partial charge in [-0.3, -0.25) is 4.79 Å². The lowest BCUT2D eigenvalue weighted by atomic mass is 10.2. The topological polar surface area (TPSA) is 38.8 Å². The van der Waals surface area contributed by atoms with E-state index in [-0.39, 0.29) is 5.91 Å². The first-order chi connectivity index (χ1) is 12.6. The van der Waals surface area contributed by atoms with Crippen LogP contribution in [0.5, 0.6) is 11.5 Å². The van der Waals surface area contributed by atoms with Crippen LogP contribution in [-0.2, 0) is 11.3 Å². The molecule has 0 aromatic heterocycles. The van der Waals surface area contributed by atoms with E-state index < -0.39 is 0 Å². The van der Waals surface area contributed by atoms with Gasteiger partial charge in [-0.15, -0.1) is 11.8 Å². The number of benzene rings is 2. The highest BCUT2D eigenvalue weighted by atomic mass is 35.5. The molecule has 0 saturated heterocycles. The molecule has 26 heavy (non-hydrogen) atoms. The highest BCUT2D eigenvalue weighted by Gasteiger charge is 2.13. The molecule has 0 aliphatic heterocycles. The number of hydrogen-bond acceptors (Lipinski definition) is 4. The van der Waals surface area contributed by atoms with Gasteiger partial charge in [0.15, 0.2) is 11.5 Å². The van der Waals surface area contributed by atoms with Crippen LogP contribution >= 0.6 is 23.4 Å². The minimum atomic E-state index is 0.142. The Hall–Kier alpha value is -1.85. The molecule has 2 aromatic carbocycles. The summed E-state index contributed by atoms with van der Waals surface area (Å²) in [6.45, 7) is 3.21. The molecule has 0 aliphatic rings. The first-order valence-corrected chi connectivity index (χ1v) is 9.80. The van der Waals surface area contributed by atoms with Gasteiger partial charge in [-0.25, -0.2) is 0 Å². The first kappa shape index (κ1) is 20.5. The summed E-state index contributed by atoms with van der Waals surface area (Å²) in [5, 5.41) is 0.720. The molecule has 0 atom stereocenters. The van der Waals surface area contributed by atoms with E-state index in [2.05, 4.69) is 0 Å². The van der Waals surface area contributed by atoms with Crippen molar-refractivity contribution >= 4 is 29.3 Å². The molecule has 6 heteroatoms. The molecule has 0 saturated carbocycles. The molecule has 1 amide bonds. The van der Waals surface area contributed by atoms with Crippen molar-refractivity contribution in [2.75, 3.05) is 26.5 Å². The highest BCUT2D eigenvalue weighted by molar-refractivity contribution is 7.99. The number of hydrogen-bond donors (Lipinski definition) is 0. The van der Waals surface area contributed by atoms with E-state index in [4.69, 9.17) is 21.1 Å². The average molecular weight is 394 g/mol. The molecular formula is C20H24ClNO3S. The van der Waals surface area contributed by atoms with Crippen LogP contribution < -0.4 is 9.47 Å². The summed E-state index contributed by atoms with van der Waals surface area (Å²) < 4.78 is 10.6. The monoisotopic (exact) mass is 393 g/mol. The van der Waals surface area contributed by atoms with Crippen molar-refractivity contribution in [2.24, 2.45) is 0 Å². The van der Waals surface area contributed by atoms with Crippen LogP contribution in [0.15, 0.2) is 47.4 Å². The second-order valence-electron chi connectivity index (χ2n) is 5.65. The number of carbonyl (C=O) groups is 1. The SMILES string of the molecule is CCN(Cc1ccc(OC)c(OC)c1)C(=O)CCSc1ccc(Cl)cc1. The molecule has 0 aliphatic carbocycles. The molecule has 4 nitrogen and oxygen atoms in total. The van der Waals surface area contributed by atoms with Crippen molar-refractivity contribution in [1.29, 1.82) is 0 Å². The first-order valence-electron chi connectivity index (χ1n) is 8.44. The molecule has 2 aromatic rings. The number of carbonyl (C=O) groups excluding carboxylic acids is 1. The van der Waals surface area contributed by atoms with Crippen LogP contribution in [0.2, 0.25) is 5.02 Å². The van der Waals surface area contributed by atoms with Crippen LogP contribution in [0.1, 0.15) is 18.9 Å².